The molecule has 1 N–H and O–H groups in total. The van der Waals surface area contributed by atoms with Gasteiger partial charge >= 0.3 is 0 Å². The van der Waals surface area contributed by atoms with Crippen molar-refractivity contribution in [3.8, 4) is 5.75 Å². The Morgan fingerprint density at radius 3 is 2.63 bits per heavy atom. The average Bonchev–Trinajstić information content (AvgIpc) is 2.75. The zero-order valence-electron chi connectivity index (χ0n) is 10.3. The summed E-state index contributed by atoms with van der Waals surface area (Å²) in [5, 5.41) is 6.15. The van der Waals surface area contributed by atoms with Gasteiger partial charge in [-0.15, -0.1) is 11.3 Å². The van der Waals surface area contributed by atoms with Gasteiger partial charge in [-0.25, -0.2) is 0 Å². The van der Waals surface area contributed by atoms with E-state index >= 15 is 0 Å². The van der Waals surface area contributed by atoms with E-state index in [2.05, 4.69) is 49.5 Å². The second-order valence-corrected chi connectivity index (χ2v) is 7.06. The van der Waals surface area contributed by atoms with Crippen molar-refractivity contribution >= 4 is 60.5 Å². The number of ether oxygens (including phenoxy) is 1. The van der Waals surface area contributed by atoms with Gasteiger partial charge in [0.1, 0.15) is 0 Å². The molecule has 2 nitrogen and oxygen atoms in total. The summed E-state index contributed by atoms with van der Waals surface area (Å²) >= 11 is 14.8. The molecule has 1 atom stereocenters. The lowest BCUT2D eigenvalue weighted by molar-refractivity contribution is 0.413. The molecule has 0 aliphatic heterocycles. The molecule has 0 amide bonds. The van der Waals surface area contributed by atoms with Crippen LogP contribution in [0.1, 0.15) is 17.8 Å². The minimum atomic E-state index is 0.161. The Morgan fingerprint density at radius 1 is 1.32 bits per heavy atom. The van der Waals surface area contributed by atoms with Crippen LogP contribution in [-0.2, 0) is 0 Å². The molecule has 0 bridgehead atoms. The topological polar surface area (TPSA) is 21.3 Å². The average molecular weight is 426 g/mol. The van der Waals surface area contributed by atoms with E-state index < -0.39 is 0 Å². The van der Waals surface area contributed by atoms with Gasteiger partial charge in [0.05, 0.1) is 23.3 Å². The standard InChI is InChI=1S/C13H12Br2ClNOS/c1-7(13-9(14)3-4-19-13)17-11-6-8(16)5-10(15)12(11)18-2/h3-7,17H,1-2H3. The van der Waals surface area contributed by atoms with Crippen molar-refractivity contribution in [1.29, 1.82) is 0 Å². The molecule has 1 aromatic carbocycles. The third kappa shape index (κ3) is 3.45. The maximum atomic E-state index is 6.09. The first-order valence-corrected chi connectivity index (χ1v) is 8.39. The molecule has 2 aromatic rings. The molecule has 1 heterocycles. The third-order valence-corrected chi connectivity index (χ3v) is 5.48. The fourth-order valence-electron chi connectivity index (χ4n) is 1.79. The molecule has 2 rings (SSSR count). The van der Waals surface area contributed by atoms with E-state index in [1.165, 1.54) is 4.88 Å². The van der Waals surface area contributed by atoms with Crippen LogP contribution in [-0.4, -0.2) is 7.11 Å². The van der Waals surface area contributed by atoms with Gasteiger partial charge in [0.15, 0.2) is 5.75 Å². The van der Waals surface area contributed by atoms with E-state index in [4.69, 9.17) is 16.3 Å². The first-order chi connectivity index (χ1) is 9.02. The van der Waals surface area contributed by atoms with Crippen molar-refractivity contribution in [3.05, 3.63) is 42.4 Å². The number of nitrogens with one attached hydrogen (secondary N) is 1. The number of hydrogen-bond donors (Lipinski definition) is 1. The number of anilines is 1. The van der Waals surface area contributed by atoms with E-state index in [-0.39, 0.29) is 6.04 Å². The maximum Gasteiger partial charge on any atom is 0.156 e. The molecule has 0 aliphatic rings. The largest absolute Gasteiger partial charge is 0.493 e. The first kappa shape index (κ1) is 15.2. The third-order valence-electron chi connectivity index (χ3n) is 2.62. The van der Waals surface area contributed by atoms with Crippen molar-refractivity contribution in [3.63, 3.8) is 0 Å². The summed E-state index contributed by atoms with van der Waals surface area (Å²) in [6.45, 7) is 2.10. The van der Waals surface area contributed by atoms with E-state index in [0.717, 1.165) is 20.4 Å². The lowest BCUT2D eigenvalue weighted by Crippen LogP contribution is -2.07. The zero-order chi connectivity index (χ0) is 14.0. The fourth-order valence-corrected chi connectivity index (χ4v) is 4.49. The Hall–Kier alpha value is -0.230. The van der Waals surface area contributed by atoms with Crippen molar-refractivity contribution in [1.82, 2.24) is 0 Å². The van der Waals surface area contributed by atoms with E-state index in [1.54, 1.807) is 18.4 Å². The molecular formula is C13H12Br2ClNOS. The molecule has 19 heavy (non-hydrogen) atoms. The van der Waals surface area contributed by atoms with Crippen molar-refractivity contribution < 1.29 is 4.74 Å². The van der Waals surface area contributed by atoms with Crippen molar-refractivity contribution in [2.24, 2.45) is 0 Å². The quantitative estimate of drug-likeness (QED) is 0.638. The SMILES string of the molecule is COc1c(Br)cc(Cl)cc1NC(C)c1sccc1Br. The molecular weight excluding hydrogens is 413 g/mol. The van der Waals surface area contributed by atoms with Crippen LogP contribution in [0.25, 0.3) is 0 Å². The Balaban J connectivity index is 2.31. The summed E-state index contributed by atoms with van der Waals surface area (Å²) in [6.07, 6.45) is 0. The molecule has 102 valence electrons. The van der Waals surface area contributed by atoms with Gasteiger partial charge in [-0.05, 0) is 62.4 Å². The number of hydrogen-bond acceptors (Lipinski definition) is 3. The van der Waals surface area contributed by atoms with Crippen LogP contribution in [0.15, 0.2) is 32.5 Å². The molecule has 6 heteroatoms. The number of halogens is 3. The van der Waals surface area contributed by atoms with E-state index in [9.17, 15) is 0 Å². The molecule has 0 radical (unpaired) electrons. The van der Waals surface area contributed by atoms with Crippen LogP contribution in [0, 0.1) is 0 Å². The van der Waals surface area contributed by atoms with E-state index in [0.29, 0.717) is 5.02 Å². The molecule has 0 spiro atoms. The van der Waals surface area contributed by atoms with Crippen LogP contribution in [0.3, 0.4) is 0 Å². The Morgan fingerprint density at radius 2 is 2.05 bits per heavy atom. The summed E-state index contributed by atoms with van der Waals surface area (Å²) in [6, 6.07) is 5.89. The lowest BCUT2D eigenvalue weighted by Gasteiger charge is -2.18. The number of methoxy groups -OCH3 is 1. The number of benzene rings is 1. The highest BCUT2D eigenvalue weighted by molar-refractivity contribution is 9.10. The van der Waals surface area contributed by atoms with Gasteiger partial charge in [-0.2, -0.15) is 0 Å². The van der Waals surface area contributed by atoms with Gasteiger partial charge in [0.25, 0.3) is 0 Å². The van der Waals surface area contributed by atoms with Crippen LogP contribution >= 0.6 is 54.8 Å². The van der Waals surface area contributed by atoms with Gasteiger partial charge in [-0.3, -0.25) is 0 Å². The Labute approximate surface area is 138 Å². The maximum absolute atomic E-state index is 6.09. The minimum Gasteiger partial charge on any atom is -0.493 e. The van der Waals surface area contributed by atoms with Crippen LogP contribution < -0.4 is 10.1 Å². The highest BCUT2D eigenvalue weighted by atomic mass is 79.9. The van der Waals surface area contributed by atoms with Gasteiger partial charge < -0.3 is 10.1 Å². The first-order valence-electron chi connectivity index (χ1n) is 5.55. The van der Waals surface area contributed by atoms with Crippen LogP contribution in [0.4, 0.5) is 5.69 Å². The predicted molar refractivity (Wildman–Crippen MR) is 89.8 cm³/mol. The highest BCUT2D eigenvalue weighted by Gasteiger charge is 2.15. The normalized spacial score (nSPS) is 12.3. The lowest BCUT2D eigenvalue weighted by atomic mass is 10.2. The summed E-state index contributed by atoms with van der Waals surface area (Å²) in [5.74, 6) is 0.754. The zero-order valence-corrected chi connectivity index (χ0v) is 15.1. The second-order valence-electron chi connectivity index (χ2n) is 3.97. The second kappa shape index (κ2) is 6.48. The summed E-state index contributed by atoms with van der Waals surface area (Å²) < 4.78 is 7.35. The number of rotatable bonds is 4. The monoisotopic (exact) mass is 423 g/mol. The summed E-state index contributed by atoms with van der Waals surface area (Å²) in [4.78, 5) is 1.23. The molecule has 0 aliphatic carbocycles. The molecule has 0 fully saturated rings. The summed E-state index contributed by atoms with van der Waals surface area (Å²) in [7, 11) is 1.64. The van der Waals surface area contributed by atoms with Gasteiger partial charge in [0, 0.05) is 14.4 Å². The molecule has 1 unspecified atom stereocenters. The summed E-state index contributed by atoms with van der Waals surface area (Å²) in [5.41, 5.74) is 0.870. The number of thiophene rings is 1. The molecule has 1 aromatic heterocycles. The van der Waals surface area contributed by atoms with Crippen LogP contribution in [0.2, 0.25) is 5.02 Å². The van der Waals surface area contributed by atoms with Gasteiger partial charge in [-0.1, -0.05) is 11.6 Å². The fraction of sp³-hybridized carbons (Fsp3) is 0.231. The van der Waals surface area contributed by atoms with E-state index in [1.807, 2.05) is 18.2 Å². The minimum absolute atomic E-state index is 0.161. The van der Waals surface area contributed by atoms with Crippen molar-refractivity contribution in [2.75, 3.05) is 12.4 Å². The van der Waals surface area contributed by atoms with Crippen LogP contribution in [0.5, 0.6) is 5.75 Å². The Bertz CT molecular complexity index is 588. The smallest absolute Gasteiger partial charge is 0.156 e. The van der Waals surface area contributed by atoms with Gasteiger partial charge in [0.2, 0.25) is 0 Å². The molecule has 0 saturated heterocycles. The predicted octanol–water partition coefficient (Wildman–Crippen LogP) is 6.11. The molecule has 0 saturated carbocycles. The Kier molecular flexibility index (Phi) is 5.17. The van der Waals surface area contributed by atoms with Crippen molar-refractivity contribution in [2.45, 2.75) is 13.0 Å². The highest BCUT2D eigenvalue weighted by Crippen LogP contribution is 2.39.